The first kappa shape index (κ1) is 7.15. The Bertz CT molecular complexity index is 395. The van der Waals surface area contributed by atoms with Gasteiger partial charge in [-0.1, -0.05) is 6.07 Å². The smallest absolute Gasteiger partial charge is 0.104 e. The second-order valence-corrected chi connectivity index (χ2v) is 2.51. The SMILES string of the molecule is ON(O)c1cccc2[nH]ccc12. The number of aromatic nitrogens is 1. The molecule has 3 N–H and O–H groups in total. The number of hydrogen-bond donors (Lipinski definition) is 3. The summed E-state index contributed by atoms with van der Waals surface area (Å²) in [7, 11) is 0. The minimum absolute atomic E-state index is 0.121. The van der Waals surface area contributed by atoms with E-state index >= 15 is 0 Å². The molecule has 0 saturated carbocycles. The van der Waals surface area contributed by atoms with Gasteiger partial charge in [0.05, 0.1) is 0 Å². The van der Waals surface area contributed by atoms with Gasteiger partial charge in [0, 0.05) is 17.1 Å². The molecule has 4 nitrogen and oxygen atoms in total. The molecule has 2 aromatic rings. The van der Waals surface area contributed by atoms with E-state index in [1.807, 2.05) is 6.07 Å². The largest absolute Gasteiger partial charge is 0.361 e. The van der Waals surface area contributed by atoms with Crippen LogP contribution in [0.4, 0.5) is 5.69 Å². The topological polar surface area (TPSA) is 59.5 Å². The van der Waals surface area contributed by atoms with Crippen molar-refractivity contribution in [2.24, 2.45) is 0 Å². The molecule has 0 aliphatic rings. The molecule has 0 fully saturated rings. The van der Waals surface area contributed by atoms with Crippen LogP contribution in [0.1, 0.15) is 0 Å². The molecule has 0 saturated heterocycles. The van der Waals surface area contributed by atoms with Gasteiger partial charge in [-0.25, -0.2) is 0 Å². The molecule has 0 atom stereocenters. The van der Waals surface area contributed by atoms with Gasteiger partial charge < -0.3 is 4.98 Å². The third-order valence-electron chi connectivity index (χ3n) is 1.79. The highest BCUT2D eigenvalue weighted by atomic mass is 16.8. The molecule has 4 heteroatoms. The highest BCUT2D eigenvalue weighted by Crippen LogP contribution is 2.23. The van der Waals surface area contributed by atoms with Crippen molar-refractivity contribution in [1.82, 2.24) is 4.98 Å². The number of aromatic amines is 1. The lowest BCUT2D eigenvalue weighted by Gasteiger charge is -2.08. The number of benzene rings is 1. The lowest BCUT2D eigenvalue weighted by molar-refractivity contribution is 0.0300. The van der Waals surface area contributed by atoms with Gasteiger partial charge >= 0.3 is 0 Å². The van der Waals surface area contributed by atoms with Crippen molar-refractivity contribution in [1.29, 1.82) is 0 Å². The first-order chi connectivity index (χ1) is 5.79. The number of anilines is 1. The van der Waals surface area contributed by atoms with Crippen molar-refractivity contribution < 1.29 is 10.4 Å². The van der Waals surface area contributed by atoms with Crippen LogP contribution < -0.4 is 5.23 Å². The molecule has 0 unspecified atom stereocenters. The molecule has 2 rings (SSSR count). The van der Waals surface area contributed by atoms with Gasteiger partial charge in [0.15, 0.2) is 0 Å². The zero-order valence-corrected chi connectivity index (χ0v) is 6.23. The molecule has 0 aliphatic heterocycles. The lowest BCUT2D eigenvalue weighted by Crippen LogP contribution is -2.10. The van der Waals surface area contributed by atoms with E-state index in [1.165, 1.54) is 0 Å². The highest BCUT2D eigenvalue weighted by molar-refractivity contribution is 5.91. The van der Waals surface area contributed by atoms with E-state index in [2.05, 4.69) is 4.98 Å². The van der Waals surface area contributed by atoms with E-state index in [9.17, 15) is 0 Å². The molecule has 0 spiro atoms. The normalized spacial score (nSPS) is 10.5. The van der Waals surface area contributed by atoms with Crippen LogP contribution in [0.15, 0.2) is 30.5 Å². The van der Waals surface area contributed by atoms with Gasteiger partial charge in [-0.3, -0.25) is 10.4 Å². The zero-order valence-electron chi connectivity index (χ0n) is 6.23. The molecule has 1 aromatic carbocycles. The Hall–Kier alpha value is -1.52. The predicted molar refractivity (Wildman–Crippen MR) is 44.4 cm³/mol. The van der Waals surface area contributed by atoms with Crippen LogP contribution in [0, 0.1) is 0 Å². The average Bonchev–Trinajstić information content (AvgIpc) is 2.49. The molecule has 12 heavy (non-hydrogen) atoms. The van der Waals surface area contributed by atoms with E-state index in [0.29, 0.717) is 5.69 Å². The van der Waals surface area contributed by atoms with Crippen molar-refractivity contribution in [2.45, 2.75) is 0 Å². The van der Waals surface area contributed by atoms with E-state index in [4.69, 9.17) is 10.4 Å². The minimum atomic E-state index is 0.121. The fourth-order valence-corrected chi connectivity index (χ4v) is 1.24. The number of nitrogens with one attached hydrogen (secondary N) is 1. The molecule has 62 valence electrons. The summed E-state index contributed by atoms with van der Waals surface area (Å²) in [6.45, 7) is 0. The summed E-state index contributed by atoms with van der Waals surface area (Å²) in [5.74, 6) is 0. The van der Waals surface area contributed by atoms with Gasteiger partial charge in [-0.15, -0.1) is 5.23 Å². The van der Waals surface area contributed by atoms with E-state index in [-0.39, 0.29) is 5.23 Å². The zero-order chi connectivity index (χ0) is 8.55. The first-order valence-electron chi connectivity index (χ1n) is 3.53. The quantitative estimate of drug-likeness (QED) is 0.563. The predicted octanol–water partition coefficient (Wildman–Crippen LogP) is 1.75. The summed E-state index contributed by atoms with van der Waals surface area (Å²) in [5.41, 5.74) is 1.24. The monoisotopic (exact) mass is 164 g/mol. The third kappa shape index (κ3) is 0.939. The lowest BCUT2D eigenvalue weighted by atomic mass is 10.2. The van der Waals surface area contributed by atoms with Gasteiger partial charge in [0.1, 0.15) is 5.69 Å². The maximum atomic E-state index is 8.82. The van der Waals surface area contributed by atoms with Crippen LogP contribution in [0.25, 0.3) is 10.9 Å². The van der Waals surface area contributed by atoms with Crippen molar-refractivity contribution in [3.8, 4) is 0 Å². The second kappa shape index (κ2) is 2.51. The molecule has 0 bridgehead atoms. The van der Waals surface area contributed by atoms with Crippen molar-refractivity contribution in [3.05, 3.63) is 30.5 Å². The van der Waals surface area contributed by atoms with Gasteiger partial charge in [-0.2, -0.15) is 0 Å². The number of nitrogens with zero attached hydrogens (tertiary/aromatic N) is 1. The number of H-pyrrole nitrogens is 1. The Balaban J connectivity index is 2.73. The van der Waals surface area contributed by atoms with Gasteiger partial charge in [0.2, 0.25) is 0 Å². The summed E-state index contributed by atoms with van der Waals surface area (Å²) >= 11 is 0. The third-order valence-corrected chi connectivity index (χ3v) is 1.79. The number of rotatable bonds is 1. The van der Waals surface area contributed by atoms with Crippen LogP contribution in [-0.2, 0) is 0 Å². The van der Waals surface area contributed by atoms with E-state index < -0.39 is 0 Å². The summed E-state index contributed by atoms with van der Waals surface area (Å²) in [6.07, 6.45) is 1.75. The van der Waals surface area contributed by atoms with Crippen LogP contribution in [0.5, 0.6) is 0 Å². The Labute approximate surface area is 68.6 Å². The van der Waals surface area contributed by atoms with Crippen molar-refractivity contribution >= 4 is 16.6 Å². The fraction of sp³-hybridized carbons (Fsp3) is 0. The van der Waals surface area contributed by atoms with Crippen LogP contribution in [-0.4, -0.2) is 15.4 Å². The Kier molecular flexibility index (Phi) is 1.49. The molecular formula is C8H8N2O2. The van der Waals surface area contributed by atoms with E-state index in [1.54, 1.807) is 24.4 Å². The number of fused-ring (bicyclic) bond motifs is 1. The Morgan fingerprint density at radius 2 is 2.00 bits per heavy atom. The standard InChI is InChI=1S/C8H8N2O2/c11-10(12)8-3-1-2-7-6(8)4-5-9-7/h1-5,9,11-12H. The van der Waals surface area contributed by atoms with Crippen LogP contribution in [0.3, 0.4) is 0 Å². The molecule has 0 aliphatic carbocycles. The fourth-order valence-electron chi connectivity index (χ4n) is 1.24. The maximum Gasteiger partial charge on any atom is 0.104 e. The molecular weight excluding hydrogens is 156 g/mol. The summed E-state index contributed by atoms with van der Waals surface area (Å²) < 4.78 is 0. The van der Waals surface area contributed by atoms with Gasteiger partial charge in [0.25, 0.3) is 0 Å². The van der Waals surface area contributed by atoms with Crippen molar-refractivity contribution in [2.75, 3.05) is 5.23 Å². The highest BCUT2D eigenvalue weighted by Gasteiger charge is 2.04. The maximum absolute atomic E-state index is 8.82. The van der Waals surface area contributed by atoms with Gasteiger partial charge in [-0.05, 0) is 18.2 Å². The molecule has 0 radical (unpaired) electrons. The summed E-state index contributed by atoms with van der Waals surface area (Å²) in [4.78, 5) is 2.97. The molecule has 1 heterocycles. The molecule has 1 aromatic heterocycles. The number of hydrogen-bond acceptors (Lipinski definition) is 3. The average molecular weight is 164 g/mol. The molecule has 0 amide bonds. The minimum Gasteiger partial charge on any atom is -0.361 e. The second-order valence-electron chi connectivity index (χ2n) is 2.51. The van der Waals surface area contributed by atoms with Crippen LogP contribution >= 0.6 is 0 Å². The Morgan fingerprint density at radius 3 is 2.75 bits per heavy atom. The van der Waals surface area contributed by atoms with Crippen molar-refractivity contribution in [3.63, 3.8) is 0 Å². The van der Waals surface area contributed by atoms with E-state index in [0.717, 1.165) is 10.9 Å². The Morgan fingerprint density at radius 1 is 1.17 bits per heavy atom. The summed E-state index contributed by atoms with van der Waals surface area (Å²) in [6, 6.07) is 7.01. The van der Waals surface area contributed by atoms with Crippen LogP contribution in [0.2, 0.25) is 0 Å². The summed E-state index contributed by atoms with van der Waals surface area (Å²) in [5, 5.41) is 18.5. The first-order valence-corrected chi connectivity index (χ1v) is 3.53.